The molecule has 1 aliphatic carbocycles. The van der Waals surface area contributed by atoms with Crippen LogP contribution < -0.4 is 0 Å². The second kappa shape index (κ2) is 5.32. The highest BCUT2D eigenvalue weighted by atomic mass is 19.4. The molecule has 25 heavy (non-hydrogen) atoms. The minimum atomic E-state index is -4.68. The van der Waals surface area contributed by atoms with E-state index in [0.717, 1.165) is 20.0 Å². The predicted molar refractivity (Wildman–Crippen MR) is 78.8 cm³/mol. The summed E-state index contributed by atoms with van der Waals surface area (Å²) in [7, 11) is 1.04. The lowest BCUT2D eigenvalue weighted by atomic mass is 9.57. The van der Waals surface area contributed by atoms with E-state index in [2.05, 4.69) is 6.92 Å². The molecule has 0 aromatic carbocycles. The number of halogens is 3. The summed E-state index contributed by atoms with van der Waals surface area (Å²) >= 11 is 0. The lowest BCUT2D eigenvalue weighted by Gasteiger charge is -2.62. The van der Waals surface area contributed by atoms with Crippen molar-refractivity contribution in [3.63, 3.8) is 0 Å². The topological polar surface area (TPSA) is 46.2 Å². The fourth-order valence-electron chi connectivity index (χ4n) is 5.59. The Morgan fingerprint density at radius 3 is 2.36 bits per heavy atom. The number of ether oxygens (including phenoxy) is 3. The van der Waals surface area contributed by atoms with Crippen molar-refractivity contribution in [3.05, 3.63) is 0 Å². The van der Waals surface area contributed by atoms with Crippen LogP contribution in [-0.4, -0.2) is 36.8 Å². The van der Waals surface area contributed by atoms with E-state index in [1.54, 1.807) is 6.92 Å². The van der Waals surface area contributed by atoms with Crippen LogP contribution >= 0.6 is 0 Å². The largest absolute Gasteiger partial charge is 0.443 e. The maximum Gasteiger partial charge on any atom is 0.443 e. The summed E-state index contributed by atoms with van der Waals surface area (Å²) in [5.74, 6) is -4.88. The first-order valence-corrected chi connectivity index (χ1v) is 8.94. The Kier molecular flexibility index (Phi) is 3.82. The van der Waals surface area contributed by atoms with E-state index in [4.69, 9.17) is 24.0 Å². The smallest absolute Gasteiger partial charge is 0.346 e. The molecule has 5 nitrogen and oxygen atoms in total. The Labute approximate surface area is 145 Å². The molecule has 4 aliphatic heterocycles. The van der Waals surface area contributed by atoms with Crippen molar-refractivity contribution in [1.82, 2.24) is 0 Å². The Bertz CT molecular complexity index is 557. The van der Waals surface area contributed by atoms with Crippen molar-refractivity contribution >= 4 is 0 Å². The summed E-state index contributed by atoms with van der Waals surface area (Å²) in [5, 5.41) is 0. The Morgan fingerprint density at radius 1 is 1.00 bits per heavy atom. The van der Waals surface area contributed by atoms with Crippen LogP contribution in [0, 0.1) is 23.7 Å². The summed E-state index contributed by atoms with van der Waals surface area (Å²) in [6.45, 7) is 5.33. The van der Waals surface area contributed by atoms with Crippen LogP contribution in [0.4, 0.5) is 13.2 Å². The molecule has 5 rings (SSSR count). The third-order valence-corrected chi connectivity index (χ3v) is 6.96. The van der Waals surface area contributed by atoms with Gasteiger partial charge in [0.2, 0.25) is 5.79 Å². The zero-order chi connectivity index (χ0) is 18.3. The summed E-state index contributed by atoms with van der Waals surface area (Å²) < 4.78 is 58.4. The van der Waals surface area contributed by atoms with E-state index in [-0.39, 0.29) is 5.92 Å². The zero-order valence-corrected chi connectivity index (χ0v) is 14.9. The highest BCUT2D eigenvalue weighted by Crippen LogP contribution is 2.64. The van der Waals surface area contributed by atoms with Crippen molar-refractivity contribution in [3.8, 4) is 0 Å². The number of methoxy groups -OCH3 is 1. The van der Waals surface area contributed by atoms with E-state index in [1.807, 2.05) is 0 Å². The van der Waals surface area contributed by atoms with E-state index in [1.165, 1.54) is 6.92 Å². The van der Waals surface area contributed by atoms with Crippen molar-refractivity contribution < 1.29 is 37.2 Å². The molecule has 5 fully saturated rings. The SMILES string of the molecule is COC1(C(F)(F)F)O[C@@H]2O[C@]3(C)CC[C@H]4[C@H](C)CC[C@@H]([C@H]1C)[C@@]24OO3. The fourth-order valence-corrected chi connectivity index (χ4v) is 5.59. The number of rotatable bonds is 1. The summed E-state index contributed by atoms with van der Waals surface area (Å²) in [5.41, 5.74) is -1.03. The minimum absolute atomic E-state index is 0.0196. The normalized spacial score (nSPS) is 55.6. The Balaban J connectivity index is 1.85. The van der Waals surface area contributed by atoms with Gasteiger partial charge in [-0.1, -0.05) is 13.8 Å². The Hall–Kier alpha value is -0.410. The van der Waals surface area contributed by atoms with Gasteiger partial charge in [-0.3, -0.25) is 0 Å². The van der Waals surface area contributed by atoms with Crippen LogP contribution in [0.3, 0.4) is 0 Å². The van der Waals surface area contributed by atoms with Gasteiger partial charge in [0.05, 0.1) is 0 Å². The maximum atomic E-state index is 14.0. The van der Waals surface area contributed by atoms with Crippen LogP contribution in [0.15, 0.2) is 0 Å². The molecule has 0 amide bonds. The van der Waals surface area contributed by atoms with Gasteiger partial charge in [0.25, 0.3) is 5.79 Å². The number of fused-ring (bicyclic) bond motifs is 2. The maximum absolute atomic E-state index is 14.0. The number of hydrogen-bond acceptors (Lipinski definition) is 5. The van der Waals surface area contributed by atoms with Gasteiger partial charge in [-0.05, 0) is 38.0 Å². The van der Waals surface area contributed by atoms with Crippen molar-refractivity contribution in [2.75, 3.05) is 7.11 Å². The van der Waals surface area contributed by atoms with Crippen LogP contribution in [0.5, 0.6) is 0 Å². The van der Waals surface area contributed by atoms with Gasteiger partial charge in [-0.15, -0.1) is 0 Å². The van der Waals surface area contributed by atoms with Gasteiger partial charge in [0.1, 0.15) is 0 Å². The molecule has 0 radical (unpaired) electrons. The second-order valence-corrected chi connectivity index (χ2v) is 8.19. The monoisotopic (exact) mass is 366 g/mol. The predicted octanol–water partition coefficient (Wildman–Crippen LogP) is 3.77. The number of alkyl halides is 3. The third-order valence-electron chi connectivity index (χ3n) is 6.96. The van der Waals surface area contributed by atoms with Gasteiger partial charge in [-0.2, -0.15) is 13.2 Å². The van der Waals surface area contributed by atoms with Gasteiger partial charge in [-0.25, -0.2) is 9.78 Å². The van der Waals surface area contributed by atoms with Gasteiger partial charge < -0.3 is 14.2 Å². The van der Waals surface area contributed by atoms with E-state index >= 15 is 0 Å². The second-order valence-electron chi connectivity index (χ2n) is 8.19. The van der Waals surface area contributed by atoms with Crippen molar-refractivity contribution in [1.29, 1.82) is 0 Å². The third kappa shape index (κ3) is 2.15. The molecule has 144 valence electrons. The first kappa shape index (κ1) is 18.0. The van der Waals surface area contributed by atoms with E-state index in [9.17, 15) is 13.2 Å². The highest BCUT2D eigenvalue weighted by Gasteiger charge is 2.77. The fraction of sp³-hybridized carbons (Fsp3) is 1.00. The van der Waals surface area contributed by atoms with Crippen LogP contribution in [0.2, 0.25) is 0 Å². The summed E-state index contributed by atoms with van der Waals surface area (Å²) in [4.78, 5) is 11.4. The molecule has 5 aliphatic rings. The average Bonchev–Trinajstić information content (AvgIpc) is 2.76. The van der Waals surface area contributed by atoms with Gasteiger partial charge >= 0.3 is 6.18 Å². The van der Waals surface area contributed by atoms with Gasteiger partial charge in [0, 0.05) is 25.4 Å². The molecule has 8 heteroatoms. The Morgan fingerprint density at radius 2 is 1.72 bits per heavy atom. The molecule has 1 spiro atoms. The number of hydrogen-bond donors (Lipinski definition) is 0. The molecule has 4 saturated heterocycles. The molecule has 0 aromatic rings. The molecular weight excluding hydrogens is 341 g/mol. The zero-order valence-electron chi connectivity index (χ0n) is 14.9. The van der Waals surface area contributed by atoms with Crippen LogP contribution in [0.25, 0.3) is 0 Å². The molecular formula is C17H25F3O5. The summed E-state index contributed by atoms with van der Waals surface area (Å²) in [6.07, 6.45) is -3.11. The van der Waals surface area contributed by atoms with Crippen LogP contribution in [0.1, 0.15) is 46.5 Å². The van der Waals surface area contributed by atoms with Crippen molar-refractivity contribution in [2.45, 2.75) is 76.1 Å². The molecule has 2 bridgehead atoms. The highest BCUT2D eigenvalue weighted by molar-refractivity contribution is 5.12. The lowest BCUT2D eigenvalue weighted by molar-refractivity contribution is -0.597. The quantitative estimate of drug-likeness (QED) is 0.661. The van der Waals surface area contributed by atoms with Gasteiger partial charge in [0.15, 0.2) is 11.9 Å². The molecule has 4 heterocycles. The average molecular weight is 366 g/mol. The molecule has 0 aromatic heterocycles. The standard InChI is InChI=1S/C17H25F3O5/c1-9-5-6-12-10(2)16(21-4,17(18,19)20)23-13-15(12)11(9)7-8-14(3,22-13)24-25-15/h9-13H,5-8H2,1-4H3/t9-,10-,11+,12+,13+,14+,15-,16?/m1/s1. The van der Waals surface area contributed by atoms with Crippen LogP contribution in [-0.2, 0) is 24.0 Å². The van der Waals surface area contributed by atoms with E-state index in [0.29, 0.717) is 18.8 Å². The molecule has 8 atom stereocenters. The first-order chi connectivity index (χ1) is 11.6. The lowest BCUT2D eigenvalue weighted by Crippen LogP contribution is -2.75. The molecule has 0 N–H and O–H groups in total. The summed E-state index contributed by atoms with van der Waals surface area (Å²) in [6, 6.07) is 0. The molecule has 1 saturated carbocycles. The minimum Gasteiger partial charge on any atom is -0.346 e. The van der Waals surface area contributed by atoms with E-state index < -0.39 is 41.5 Å². The van der Waals surface area contributed by atoms with Crippen molar-refractivity contribution in [2.24, 2.45) is 23.7 Å². The first-order valence-electron chi connectivity index (χ1n) is 8.94. The molecule has 1 unspecified atom stereocenters.